The standard InChI is InChI=1S/C16H17N3O3/c1-10-7-17-18-15(10)12-4-5-19(8-12)16(20)11-2-3-13-14(6-11)22-9-21-13/h2-3,6-7,12H,4-5,8-9H2,1H3,(H,17,18). The number of carbonyl (C=O) groups is 1. The molecule has 4 rings (SSSR count). The van der Waals surface area contributed by atoms with Crippen molar-refractivity contribution in [2.45, 2.75) is 19.3 Å². The average Bonchev–Trinajstić information content (AvgIpc) is 3.25. The number of aromatic amines is 1. The quantitative estimate of drug-likeness (QED) is 0.922. The summed E-state index contributed by atoms with van der Waals surface area (Å²) < 4.78 is 10.6. The van der Waals surface area contributed by atoms with Crippen LogP contribution in [0.1, 0.15) is 34.0 Å². The molecule has 2 aromatic rings. The van der Waals surface area contributed by atoms with Gasteiger partial charge in [0.05, 0.1) is 6.20 Å². The van der Waals surface area contributed by atoms with Crippen LogP contribution in [0.3, 0.4) is 0 Å². The first-order chi connectivity index (χ1) is 10.7. The van der Waals surface area contributed by atoms with Gasteiger partial charge >= 0.3 is 0 Å². The Hall–Kier alpha value is -2.50. The molecule has 1 N–H and O–H groups in total. The zero-order chi connectivity index (χ0) is 15.1. The molecule has 1 amide bonds. The predicted molar refractivity (Wildman–Crippen MR) is 79.2 cm³/mol. The number of carbonyl (C=O) groups excluding carboxylic acids is 1. The lowest BCUT2D eigenvalue weighted by atomic mass is 10.0. The summed E-state index contributed by atoms with van der Waals surface area (Å²) in [5, 5.41) is 7.13. The molecular formula is C16H17N3O3. The van der Waals surface area contributed by atoms with Gasteiger partial charge in [-0.3, -0.25) is 9.89 Å². The summed E-state index contributed by atoms with van der Waals surface area (Å²) in [6.45, 7) is 3.74. The molecular weight excluding hydrogens is 282 g/mol. The summed E-state index contributed by atoms with van der Waals surface area (Å²) in [5.74, 6) is 1.72. The number of H-pyrrole nitrogens is 1. The summed E-state index contributed by atoms with van der Waals surface area (Å²) in [6.07, 6.45) is 2.79. The van der Waals surface area contributed by atoms with Crippen LogP contribution in [0.25, 0.3) is 0 Å². The van der Waals surface area contributed by atoms with Crippen LogP contribution >= 0.6 is 0 Å². The molecule has 1 atom stereocenters. The summed E-state index contributed by atoms with van der Waals surface area (Å²) in [4.78, 5) is 14.5. The van der Waals surface area contributed by atoms with Gasteiger partial charge in [0.2, 0.25) is 6.79 Å². The fourth-order valence-electron chi connectivity index (χ4n) is 3.16. The molecule has 1 aromatic heterocycles. The lowest BCUT2D eigenvalue weighted by Crippen LogP contribution is -2.28. The number of hydrogen-bond donors (Lipinski definition) is 1. The second-order valence-corrected chi connectivity index (χ2v) is 5.77. The minimum atomic E-state index is 0.0398. The fourth-order valence-corrected chi connectivity index (χ4v) is 3.16. The van der Waals surface area contributed by atoms with Gasteiger partial charge in [0, 0.05) is 30.3 Å². The van der Waals surface area contributed by atoms with E-state index in [1.54, 1.807) is 18.2 Å². The van der Waals surface area contributed by atoms with Gasteiger partial charge < -0.3 is 14.4 Å². The van der Waals surface area contributed by atoms with Crippen LogP contribution in [0.5, 0.6) is 11.5 Å². The third-order valence-corrected chi connectivity index (χ3v) is 4.37. The monoisotopic (exact) mass is 299 g/mol. The highest BCUT2D eigenvalue weighted by Gasteiger charge is 2.30. The Morgan fingerprint density at radius 2 is 2.23 bits per heavy atom. The minimum absolute atomic E-state index is 0.0398. The molecule has 22 heavy (non-hydrogen) atoms. The number of likely N-dealkylation sites (tertiary alicyclic amines) is 1. The van der Waals surface area contributed by atoms with Crippen LogP contribution in [0, 0.1) is 6.92 Å². The van der Waals surface area contributed by atoms with Gasteiger partial charge in [0.25, 0.3) is 5.91 Å². The van der Waals surface area contributed by atoms with Gasteiger partial charge in [-0.15, -0.1) is 0 Å². The van der Waals surface area contributed by atoms with Crippen LogP contribution in [0.2, 0.25) is 0 Å². The van der Waals surface area contributed by atoms with Crippen molar-refractivity contribution in [3.05, 3.63) is 41.2 Å². The van der Waals surface area contributed by atoms with Crippen molar-refractivity contribution in [1.29, 1.82) is 0 Å². The summed E-state index contributed by atoms with van der Waals surface area (Å²) in [6, 6.07) is 5.35. The van der Waals surface area contributed by atoms with Gasteiger partial charge in [0.15, 0.2) is 11.5 Å². The highest BCUT2D eigenvalue weighted by atomic mass is 16.7. The van der Waals surface area contributed by atoms with E-state index >= 15 is 0 Å². The molecule has 1 unspecified atom stereocenters. The van der Waals surface area contributed by atoms with E-state index in [2.05, 4.69) is 10.2 Å². The molecule has 0 bridgehead atoms. The molecule has 0 spiro atoms. The van der Waals surface area contributed by atoms with E-state index in [-0.39, 0.29) is 12.7 Å². The zero-order valence-corrected chi connectivity index (χ0v) is 12.3. The molecule has 2 aliphatic rings. The van der Waals surface area contributed by atoms with Gasteiger partial charge in [0.1, 0.15) is 0 Å². The Balaban J connectivity index is 1.51. The van der Waals surface area contributed by atoms with E-state index < -0.39 is 0 Å². The SMILES string of the molecule is Cc1cn[nH]c1C1CCN(C(=O)c2ccc3c(c2)OCO3)C1. The Kier molecular flexibility index (Phi) is 3.03. The predicted octanol–water partition coefficient (Wildman–Crippen LogP) is 2.08. The van der Waals surface area contributed by atoms with Crippen molar-refractivity contribution in [3.8, 4) is 11.5 Å². The van der Waals surface area contributed by atoms with Crippen molar-refractivity contribution in [1.82, 2.24) is 15.1 Å². The Morgan fingerprint density at radius 3 is 3.05 bits per heavy atom. The number of hydrogen-bond acceptors (Lipinski definition) is 4. The molecule has 3 heterocycles. The maximum Gasteiger partial charge on any atom is 0.254 e. The average molecular weight is 299 g/mol. The van der Waals surface area contributed by atoms with Gasteiger partial charge in [-0.25, -0.2) is 0 Å². The minimum Gasteiger partial charge on any atom is -0.454 e. The molecule has 0 aliphatic carbocycles. The molecule has 0 saturated carbocycles. The van der Waals surface area contributed by atoms with Crippen LogP contribution in [-0.4, -0.2) is 40.9 Å². The van der Waals surface area contributed by atoms with E-state index in [1.165, 1.54) is 0 Å². The largest absolute Gasteiger partial charge is 0.454 e. The van der Waals surface area contributed by atoms with Crippen LogP contribution in [0.4, 0.5) is 0 Å². The number of aromatic nitrogens is 2. The van der Waals surface area contributed by atoms with E-state index in [9.17, 15) is 4.79 Å². The van der Waals surface area contributed by atoms with Crippen LogP contribution in [0.15, 0.2) is 24.4 Å². The van der Waals surface area contributed by atoms with Crippen molar-refractivity contribution >= 4 is 5.91 Å². The van der Waals surface area contributed by atoms with E-state index in [0.717, 1.165) is 30.8 Å². The second kappa shape index (κ2) is 5.05. The summed E-state index contributed by atoms with van der Waals surface area (Å²) in [5.41, 5.74) is 2.94. The Morgan fingerprint density at radius 1 is 1.36 bits per heavy atom. The number of nitrogens with zero attached hydrogens (tertiary/aromatic N) is 2. The van der Waals surface area contributed by atoms with Gasteiger partial charge in [-0.2, -0.15) is 5.10 Å². The number of rotatable bonds is 2. The highest BCUT2D eigenvalue weighted by molar-refractivity contribution is 5.95. The number of nitrogens with one attached hydrogen (secondary N) is 1. The number of ether oxygens (including phenoxy) is 2. The molecule has 2 aliphatic heterocycles. The second-order valence-electron chi connectivity index (χ2n) is 5.77. The smallest absolute Gasteiger partial charge is 0.254 e. The molecule has 6 nitrogen and oxygen atoms in total. The first kappa shape index (κ1) is 13.2. The molecule has 0 radical (unpaired) electrons. The number of fused-ring (bicyclic) bond motifs is 1. The first-order valence-electron chi connectivity index (χ1n) is 7.41. The normalized spacial score (nSPS) is 19.7. The molecule has 114 valence electrons. The van der Waals surface area contributed by atoms with Crippen molar-refractivity contribution in [2.24, 2.45) is 0 Å². The third-order valence-electron chi connectivity index (χ3n) is 4.37. The lowest BCUT2D eigenvalue weighted by molar-refractivity contribution is 0.0790. The van der Waals surface area contributed by atoms with Crippen LogP contribution in [-0.2, 0) is 0 Å². The fraction of sp³-hybridized carbons (Fsp3) is 0.375. The number of aryl methyl sites for hydroxylation is 1. The van der Waals surface area contributed by atoms with Gasteiger partial charge in [-0.05, 0) is 37.1 Å². The van der Waals surface area contributed by atoms with E-state index in [4.69, 9.17) is 9.47 Å². The molecule has 1 aromatic carbocycles. The first-order valence-corrected chi connectivity index (χ1v) is 7.41. The van der Waals surface area contributed by atoms with Crippen molar-refractivity contribution in [3.63, 3.8) is 0 Å². The third kappa shape index (κ3) is 2.11. The molecule has 1 saturated heterocycles. The lowest BCUT2D eigenvalue weighted by Gasteiger charge is -2.16. The topological polar surface area (TPSA) is 67.5 Å². The highest BCUT2D eigenvalue weighted by Crippen LogP contribution is 2.34. The van der Waals surface area contributed by atoms with Crippen molar-refractivity contribution in [2.75, 3.05) is 19.9 Å². The number of benzene rings is 1. The Bertz CT molecular complexity index is 725. The Labute approximate surface area is 128 Å². The molecule has 1 fully saturated rings. The maximum atomic E-state index is 12.7. The van der Waals surface area contributed by atoms with Gasteiger partial charge in [-0.1, -0.05) is 0 Å². The number of amides is 1. The van der Waals surface area contributed by atoms with E-state index in [1.807, 2.05) is 18.0 Å². The van der Waals surface area contributed by atoms with Crippen LogP contribution < -0.4 is 9.47 Å². The van der Waals surface area contributed by atoms with Crippen molar-refractivity contribution < 1.29 is 14.3 Å². The zero-order valence-electron chi connectivity index (χ0n) is 12.3. The summed E-state index contributed by atoms with van der Waals surface area (Å²) in [7, 11) is 0. The molecule has 6 heteroatoms. The summed E-state index contributed by atoms with van der Waals surface area (Å²) >= 11 is 0. The van der Waals surface area contributed by atoms with E-state index in [0.29, 0.717) is 23.0 Å². The maximum absolute atomic E-state index is 12.7.